The van der Waals surface area contributed by atoms with Crippen molar-refractivity contribution in [1.29, 1.82) is 0 Å². The van der Waals surface area contributed by atoms with Crippen LogP contribution in [0.2, 0.25) is 0 Å². The monoisotopic (exact) mass is 247 g/mol. The summed E-state index contributed by atoms with van der Waals surface area (Å²) in [6, 6.07) is 8.22. The van der Waals surface area contributed by atoms with E-state index in [1.54, 1.807) is 44.2 Å². The first-order chi connectivity index (χ1) is 6.81. The second-order valence-corrected chi connectivity index (χ2v) is 6.65. The molecule has 0 aliphatic rings. The van der Waals surface area contributed by atoms with E-state index in [1.807, 2.05) is 0 Å². The molecule has 5 heteroatoms. The second kappa shape index (κ2) is 4.51. The maximum Gasteiger partial charge on any atom is 0.240 e. The Morgan fingerprint density at radius 3 is 2.27 bits per heavy atom. The SMILES string of the molecule is CC(C)(Cl)CNS(=O)(=O)c1ccccc1. The lowest BCUT2D eigenvalue weighted by atomic mass is 10.2. The molecule has 1 aromatic carbocycles. The van der Waals surface area contributed by atoms with Crippen molar-refractivity contribution in [3.05, 3.63) is 30.3 Å². The van der Waals surface area contributed by atoms with Crippen LogP contribution < -0.4 is 4.72 Å². The summed E-state index contributed by atoms with van der Waals surface area (Å²) in [5.41, 5.74) is 0. The van der Waals surface area contributed by atoms with Crippen LogP contribution >= 0.6 is 11.6 Å². The molecule has 0 bridgehead atoms. The molecule has 0 saturated carbocycles. The molecule has 1 N–H and O–H groups in total. The highest BCUT2D eigenvalue weighted by atomic mass is 35.5. The Bertz CT molecular complexity index is 409. The van der Waals surface area contributed by atoms with Gasteiger partial charge in [-0.3, -0.25) is 0 Å². The van der Waals surface area contributed by atoms with E-state index < -0.39 is 14.9 Å². The fourth-order valence-electron chi connectivity index (χ4n) is 0.950. The predicted molar refractivity (Wildman–Crippen MR) is 61.6 cm³/mol. The van der Waals surface area contributed by atoms with Gasteiger partial charge in [-0.25, -0.2) is 13.1 Å². The van der Waals surface area contributed by atoms with Gasteiger partial charge in [0, 0.05) is 6.54 Å². The fourth-order valence-corrected chi connectivity index (χ4v) is 2.33. The van der Waals surface area contributed by atoms with E-state index in [1.165, 1.54) is 0 Å². The maximum atomic E-state index is 11.7. The molecule has 0 spiro atoms. The number of benzene rings is 1. The molecular formula is C10H14ClNO2S. The Labute approximate surface area is 95.5 Å². The summed E-state index contributed by atoms with van der Waals surface area (Å²) >= 11 is 5.90. The van der Waals surface area contributed by atoms with Gasteiger partial charge in [-0.1, -0.05) is 18.2 Å². The van der Waals surface area contributed by atoms with Crippen LogP contribution in [0.5, 0.6) is 0 Å². The third kappa shape index (κ3) is 4.20. The summed E-state index contributed by atoms with van der Waals surface area (Å²) in [4.78, 5) is -0.326. The highest BCUT2D eigenvalue weighted by Gasteiger charge is 2.19. The fraction of sp³-hybridized carbons (Fsp3) is 0.400. The molecule has 0 amide bonds. The minimum Gasteiger partial charge on any atom is -0.209 e. The summed E-state index contributed by atoms with van der Waals surface area (Å²) in [6.45, 7) is 3.70. The van der Waals surface area contributed by atoms with Crippen LogP contribution in [0.25, 0.3) is 0 Å². The molecule has 0 aliphatic carbocycles. The number of alkyl halides is 1. The van der Waals surface area contributed by atoms with Crippen LogP contribution in [0.1, 0.15) is 13.8 Å². The Hall–Kier alpha value is -0.580. The molecule has 0 fully saturated rings. The van der Waals surface area contributed by atoms with E-state index in [0.29, 0.717) is 0 Å². The van der Waals surface area contributed by atoms with E-state index >= 15 is 0 Å². The van der Waals surface area contributed by atoms with E-state index in [2.05, 4.69) is 4.72 Å². The van der Waals surface area contributed by atoms with Crippen molar-refractivity contribution >= 4 is 21.6 Å². The molecule has 0 unspecified atom stereocenters. The van der Waals surface area contributed by atoms with E-state index in [9.17, 15) is 8.42 Å². The van der Waals surface area contributed by atoms with Crippen LogP contribution in [-0.2, 0) is 10.0 Å². The quantitative estimate of drug-likeness (QED) is 0.827. The highest BCUT2D eigenvalue weighted by molar-refractivity contribution is 7.89. The van der Waals surface area contributed by atoms with Gasteiger partial charge < -0.3 is 0 Å². The number of hydrogen-bond donors (Lipinski definition) is 1. The number of hydrogen-bond acceptors (Lipinski definition) is 2. The summed E-state index contributed by atoms with van der Waals surface area (Å²) in [5.74, 6) is 0. The van der Waals surface area contributed by atoms with Crippen molar-refractivity contribution in [3.8, 4) is 0 Å². The summed E-state index contributed by atoms with van der Waals surface area (Å²) < 4.78 is 25.9. The van der Waals surface area contributed by atoms with Gasteiger partial charge in [0.15, 0.2) is 0 Å². The molecule has 1 rings (SSSR count). The average Bonchev–Trinajstić information content (AvgIpc) is 2.16. The summed E-state index contributed by atoms with van der Waals surface area (Å²) in [5, 5.41) is 0. The first-order valence-corrected chi connectivity index (χ1v) is 6.41. The van der Waals surface area contributed by atoms with Crippen molar-refractivity contribution in [1.82, 2.24) is 4.72 Å². The van der Waals surface area contributed by atoms with Crippen LogP contribution in [-0.4, -0.2) is 19.8 Å². The smallest absolute Gasteiger partial charge is 0.209 e. The van der Waals surface area contributed by atoms with Gasteiger partial charge in [0.05, 0.1) is 9.77 Å². The highest BCUT2D eigenvalue weighted by Crippen LogP contribution is 2.13. The van der Waals surface area contributed by atoms with E-state index in [0.717, 1.165) is 0 Å². The first-order valence-electron chi connectivity index (χ1n) is 4.55. The molecular weight excluding hydrogens is 234 g/mol. The molecule has 0 saturated heterocycles. The summed E-state index contributed by atoms with van der Waals surface area (Å²) in [6.07, 6.45) is 0. The van der Waals surface area contributed by atoms with Gasteiger partial charge in [0.25, 0.3) is 0 Å². The van der Waals surface area contributed by atoms with Gasteiger partial charge in [-0.15, -0.1) is 11.6 Å². The van der Waals surface area contributed by atoms with Gasteiger partial charge >= 0.3 is 0 Å². The molecule has 3 nitrogen and oxygen atoms in total. The lowest BCUT2D eigenvalue weighted by Gasteiger charge is -2.16. The Kier molecular flexibility index (Phi) is 3.76. The van der Waals surface area contributed by atoms with Crippen LogP contribution in [0.3, 0.4) is 0 Å². The van der Waals surface area contributed by atoms with Crippen molar-refractivity contribution in [2.24, 2.45) is 0 Å². The third-order valence-corrected chi connectivity index (χ3v) is 3.29. The number of halogens is 1. The minimum atomic E-state index is -3.43. The van der Waals surface area contributed by atoms with Gasteiger partial charge in [0.2, 0.25) is 10.0 Å². The molecule has 0 atom stereocenters. The van der Waals surface area contributed by atoms with Gasteiger partial charge in [-0.2, -0.15) is 0 Å². The van der Waals surface area contributed by atoms with Gasteiger partial charge in [0.1, 0.15) is 0 Å². The Morgan fingerprint density at radius 2 is 1.80 bits per heavy atom. The zero-order chi connectivity index (χ0) is 11.5. The number of rotatable bonds is 4. The molecule has 0 aliphatic heterocycles. The molecule has 0 heterocycles. The Balaban J connectivity index is 2.78. The van der Waals surface area contributed by atoms with Crippen molar-refractivity contribution < 1.29 is 8.42 Å². The molecule has 84 valence electrons. The standard InChI is InChI=1S/C10H14ClNO2S/c1-10(2,11)8-12-15(13,14)9-6-4-3-5-7-9/h3-7,12H,8H2,1-2H3. The third-order valence-electron chi connectivity index (χ3n) is 1.74. The lowest BCUT2D eigenvalue weighted by Crippen LogP contribution is -2.34. The van der Waals surface area contributed by atoms with E-state index in [-0.39, 0.29) is 11.4 Å². The summed E-state index contributed by atoms with van der Waals surface area (Å²) in [7, 11) is -3.43. The van der Waals surface area contributed by atoms with Crippen molar-refractivity contribution in [2.75, 3.05) is 6.54 Å². The molecule has 1 aromatic rings. The predicted octanol–water partition coefficient (Wildman–Crippen LogP) is 1.98. The molecule has 0 aromatic heterocycles. The normalized spacial score (nSPS) is 12.7. The molecule has 0 radical (unpaired) electrons. The topological polar surface area (TPSA) is 46.2 Å². The minimum absolute atomic E-state index is 0.200. The lowest BCUT2D eigenvalue weighted by molar-refractivity contribution is 0.569. The first kappa shape index (κ1) is 12.5. The van der Waals surface area contributed by atoms with Gasteiger partial charge in [-0.05, 0) is 26.0 Å². The average molecular weight is 248 g/mol. The van der Waals surface area contributed by atoms with E-state index in [4.69, 9.17) is 11.6 Å². The van der Waals surface area contributed by atoms with Crippen LogP contribution in [0.4, 0.5) is 0 Å². The maximum absolute atomic E-state index is 11.7. The van der Waals surface area contributed by atoms with Crippen LogP contribution in [0.15, 0.2) is 35.2 Å². The zero-order valence-corrected chi connectivity index (χ0v) is 10.3. The largest absolute Gasteiger partial charge is 0.240 e. The molecule has 15 heavy (non-hydrogen) atoms. The number of nitrogens with one attached hydrogen (secondary N) is 1. The van der Waals surface area contributed by atoms with Crippen molar-refractivity contribution in [2.45, 2.75) is 23.6 Å². The van der Waals surface area contributed by atoms with Crippen molar-refractivity contribution in [3.63, 3.8) is 0 Å². The number of sulfonamides is 1. The Morgan fingerprint density at radius 1 is 1.27 bits per heavy atom. The zero-order valence-electron chi connectivity index (χ0n) is 8.70. The second-order valence-electron chi connectivity index (χ2n) is 3.86. The van der Waals surface area contributed by atoms with Crippen LogP contribution in [0, 0.1) is 0 Å².